The van der Waals surface area contributed by atoms with Gasteiger partial charge in [0.2, 0.25) is 5.88 Å². The molecule has 5 nitrogen and oxygen atoms in total. The highest BCUT2D eigenvalue weighted by Gasteiger charge is 2.11. The van der Waals surface area contributed by atoms with Crippen molar-refractivity contribution < 1.29 is 13.9 Å². The van der Waals surface area contributed by atoms with Gasteiger partial charge in [0.05, 0.1) is 26.0 Å². The summed E-state index contributed by atoms with van der Waals surface area (Å²) in [6, 6.07) is 8.09. The highest BCUT2D eigenvalue weighted by atomic mass is 16.5. The number of nitrogens with zero attached hydrogens (tertiary/aromatic N) is 2. The second-order valence-electron chi connectivity index (χ2n) is 3.95. The van der Waals surface area contributed by atoms with Gasteiger partial charge in [-0.15, -0.1) is 0 Å². The molecule has 0 N–H and O–H groups in total. The fourth-order valence-electron chi connectivity index (χ4n) is 1.93. The molecule has 3 aromatic rings. The second-order valence-corrected chi connectivity index (χ2v) is 3.95. The average Bonchev–Trinajstić information content (AvgIpc) is 2.93. The van der Waals surface area contributed by atoms with Gasteiger partial charge >= 0.3 is 6.01 Å². The monoisotopic (exact) mass is 256 g/mol. The van der Waals surface area contributed by atoms with Gasteiger partial charge in [0, 0.05) is 11.6 Å². The fourth-order valence-corrected chi connectivity index (χ4v) is 1.93. The molecular weight excluding hydrogens is 244 g/mol. The number of furan rings is 1. The quantitative estimate of drug-likeness (QED) is 0.721. The molecule has 0 saturated heterocycles. The zero-order chi connectivity index (χ0) is 13.2. The van der Waals surface area contributed by atoms with Crippen molar-refractivity contribution in [3.8, 4) is 23.0 Å². The molecular formula is C14H12N2O3. The summed E-state index contributed by atoms with van der Waals surface area (Å²) in [5.41, 5.74) is 2.54. The van der Waals surface area contributed by atoms with Crippen LogP contribution in [0.4, 0.5) is 0 Å². The number of fused-ring (bicyclic) bond motifs is 1. The molecule has 0 spiro atoms. The number of aromatic nitrogens is 2. The summed E-state index contributed by atoms with van der Waals surface area (Å²) in [4.78, 5) is 8.27. The van der Waals surface area contributed by atoms with Crippen LogP contribution in [0.2, 0.25) is 0 Å². The molecule has 0 aliphatic rings. The summed E-state index contributed by atoms with van der Waals surface area (Å²) < 4.78 is 15.7. The van der Waals surface area contributed by atoms with Gasteiger partial charge in [-0.25, -0.2) is 4.98 Å². The van der Waals surface area contributed by atoms with Crippen molar-refractivity contribution >= 4 is 11.0 Å². The minimum atomic E-state index is 0.277. The number of hydrogen-bond donors (Lipinski definition) is 0. The molecule has 0 radical (unpaired) electrons. The molecule has 2 aromatic heterocycles. The lowest BCUT2D eigenvalue weighted by atomic mass is 10.1. The zero-order valence-corrected chi connectivity index (χ0v) is 10.6. The predicted octanol–water partition coefficient (Wildman–Crippen LogP) is 2.91. The highest BCUT2D eigenvalue weighted by molar-refractivity contribution is 5.83. The van der Waals surface area contributed by atoms with Crippen LogP contribution in [0.1, 0.15) is 0 Å². The van der Waals surface area contributed by atoms with Crippen LogP contribution in [0.15, 0.2) is 41.1 Å². The summed E-state index contributed by atoms with van der Waals surface area (Å²) >= 11 is 0. The predicted molar refractivity (Wildman–Crippen MR) is 70.3 cm³/mol. The Kier molecular flexibility index (Phi) is 2.79. The van der Waals surface area contributed by atoms with E-state index in [-0.39, 0.29) is 6.01 Å². The zero-order valence-electron chi connectivity index (χ0n) is 10.6. The first-order chi connectivity index (χ1) is 9.31. The fraction of sp³-hybridized carbons (Fsp3) is 0.143. The van der Waals surface area contributed by atoms with Gasteiger partial charge in [-0.2, -0.15) is 4.98 Å². The lowest BCUT2D eigenvalue weighted by Gasteiger charge is -2.08. The van der Waals surface area contributed by atoms with Crippen molar-refractivity contribution in [2.75, 3.05) is 14.2 Å². The first-order valence-corrected chi connectivity index (χ1v) is 5.74. The first kappa shape index (κ1) is 11.5. The van der Waals surface area contributed by atoms with E-state index in [1.807, 2.05) is 24.3 Å². The van der Waals surface area contributed by atoms with E-state index in [4.69, 9.17) is 13.9 Å². The SMILES string of the molecule is COc1ncc(-c2ccc3ccoc3c2)c(OC)n1. The van der Waals surface area contributed by atoms with Gasteiger partial charge in [0.1, 0.15) is 5.58 Å². The van der Waals surface area contributed by atoms with Crippen LogP contribution in [-0.2, 0) is 0 Å². The van der Waals surface area contributed by atoms with E-state index in [9.17, 15) is 0 Å². The van der Waals surface area contributed by atoms with Gasteiger partial charge in [-0.05, 0) is 17.7 Å². The number of ether oxygens (including phenoxy) is 2. The highest BCUT2D eigenvalue weighted by Crippen LogP contribution is 2.31. The van der Waals surface area contributed by atoms with Crippen molar-refractivity contribution in [1.29, 1.82) is 0 Å². The van der Waals surface area contributed by atoms with Gasteiger partial charge in [0.15, 0.2) is 0 Å². The van der Waals surface area contributed by atoms with Crippen LogP contribution in [0.25, 0.3) is 22.1 Å². The third-order valence-electron chi connectivity index (χ3n) is 2.87. The standard InChI is InChI=1S/C14H12N2O3/c1-17-13-11(8-15-14(16-13)18-2)10-4-3-9-5-6-19-12(9)7-10/h3-8H,1-2H3. The molecule has 5 heteroatoms. The maximum absolute atomic E-state index is 5.39. The van der Waals surface area contributed by atoms with E-state index >= 15 is 0 Å². The van der Waals surface area contributed by atoms with Gasteiger partial charge in [-0.1, -0.05) is 12.1 Å². The number of benzene rings is 1. The van der Waals surface area contributed by atoms with E-state index < -0.39 is 0 Å². The minimum Gasteiger partial charge on any atom is -0.480 e. The molecule has 0 bridgehead atoms. The molecule has 19 heavy (non-hydrogen) atoms. The Bertz CT molecular complexity index is 722. The van der Waals surface area contributed by atoms with Gasteiger partial charge < -0.3 is 13.9 Å². The Hall–Kier alpha value is -2.56. The van der Waals surface area contributed by atoms with Gasteiger partial charge in [-0.3, -0.25) is 0 Å². The van der Waals surface area contributed by atoms with Crippen LogP contribution in [0, 0.1) is 0 Å². The lowest BCUT2D eigenvalue weighted by Crippen LogP contribution is -1.97. The summed E-state index contributed by atoms with van der Waals surface area (Å²) in [6.07, 6.45) is 3.34. The summed E-state index contributed by atoms with van der Waals surface area (Å²) in [7, 11) is 3.08. The van der Waals surface area contributed by atoms with Crippen molar-refractivity contribution in [3.63, 3.8) is 0 Å². The molecule has 0 atom stereocenters. The Morgan fingerprint density at radius 2 is 2.00 bits per heavy atom. The van der Waals surface area contributed by atoms with Crippen molar-refractivity contribution in [2.24, 2.45) is 0 Å². The number of rotatable bonds is 3. The second kappa shape index (κ2) is 4.61. The molecule has 0 aliphatic carbocycles. The number of methoxy groups -OCH3 is 2. The Labute approximate surface area is 109 Å². The summed E-state index contributed by atoms with van der Waals surface area (Å²) in [5.74, 6) is 0.470. The van der Waals surface area contributed by atoms with E-state index in [2.05, 4.69) is 9.97 Å². The molecule has 0 fully saturated rings. The van der Waals surface area contributed by atoms with Crippen molar-refractivity contribution in [2.45, 2.75) is 0 Å². The van der Waals surface area contributed by atoms with Crippen LogP contribution < -0.4 is 9.47 Å². The molecule has 0 amide bonds. The Morgan fingerprint density at radius 1 is 1.11 bits per heavy atom. The molecule has 0 saturated carbocycles. The normalized spacial score (nSPS) is 10.6. The summed E-state index contributed by atoms with van der Waals surface area (Å²) in [6.45, 7) is 0. The number of hydrogen-bond acceptors (Lipinski definition) is 5. The molecule has 0 unspecified atom stereocenters. The van der Waals surface area contributed by atoms with Crippen molar-refractivity contribution in [1.82, 2.24) is 9.97 Å². The first-order valence-electron chi connectivity index (χ1n) is 5.74. The minimum absolute atomic E-state index is 0.277. The van der Waals surface area contributed by atoms with E-state index in [1.54, 1.807) is 19.6 Å². The largest absolute Gasteiger partial charge is 0.480 e. The van der Waals surface area contributed by atoms with E-state index in [0.717, 1.165) is 22.1 Å². The van der Waals surface area contributed by atoms with Crippen LogP contribution >= 0.6 is 0 Å². The van der Waals surface area contributed by atoms with Crippen molar-refractivity contribution in [3.05, 3.63) is 36.7 Å². The lowest BCUT2D eigenvalue weighted by molar-refractivity contribution is 0.353. The summed E-state index contributed by atoms with van der Waals surface area (Å²) in [5, 5.41) is 1.05. The maximum atomic E-state index is 5.39. The Morgan fingerprint density at radius 3 is 2.79 bits per heavy atom. The maximum Gasteiger partial charge on any atom is 0.319 e. The Balaban J connectivity index is 2.14. The topological polar surface area (TPSA) is 57.4 Å². The van der Waals surface area contributed by atoms with E-state index in [1.165, 1.54) is 7.11 Å². The average molecular weight is 256 g/mol. The van der Waals surface area contributed by atoms with Crippen LogP contribution in [0.5, 0.6) is 11.9 Å². The van der Waals surface area contributed by atoms with Crippen LogP contribution in [0.3, 0.4) is 0 Å². The van der Waals surface area contributed by atoms with Gasteiger partial charge in [0.25, 0.3) is 0 Å². The molecule has 2 heterocycles. The molecule has 0 aliphatic heterocycles. The third-order valence-corrected chi connectivity index (χ3v) is 2.87. The smallest absolute Gasteiger partial charge is 0.319 e. The van der Waals surface area contributed by atoms with E-state index in [0.29, 0.717) is 5.88 Å². The third kappa shape index (κ3) is 1.99. The molecule has 96 valence electrons. The van der Waals surface area contributed by atoms with Crippen LogP contribution in [-0.4, -0.2) is 24.2 Å². The molecule has 1 aromatic carbocycles. The molecule has 3 rings (SSSR count).